The van der Waals surface area contributed by atoms with Crippen LogP contribution in [0.1, 0.15) is 17.5 Å². The van der Waals surface area contributed by atoms with Gasteiger partial charge in [-0.25, -0.2) is 0 Å². The zero-order valence-electron chi connectivity index (χ0n) is 7.11. The molecular weight excluding hydrogens is 327 g/mol. The number of benzene rings is 1. The molecule has 0 aliphatic rings. The molecule has 0 aromatic heterocycles. The second-order valence-electron chi connectivity index (χ2n) is 2.83. The Labute approximate surface area is 96.0 Å². The minimum atomic E-state index is 1.09. The maximum absolute atomic E-state index is 3.45. The second kappa shape index (κ2) is 5.22. The summed E-state index contributed by atoms with van der Waals surface area (Å²) in [4.78, 5) is 0. The van der Waals surface area contributed by atoms with Gasteiger partial charge in [0.1, 0.15) is 0 Å². The first-order valence-electron chi connectivity index (χ1n) is 4.05. The SMILES string of the molecule is Cc1cccc(I)c1CCCBr. The van der Waals surface area contributed by atoms with Crippen LogP contribution in [0.4, 0.5) is 0 Å². The predicted octanol–water partition coefficient (Wildman–Crippen LogP) is 3.93. The van der Waals surface area contributed by atoms with E-state index >= 15 is 0 Å². The van der Waals surface area contributed by atoms with Crippen LogP contribution in [0, 0.1) is 10.5 Å². The molecule has 0 nitrogen and oxygen atoms in total. The molecule has 0 spiro atoms. The van der Waals surface area contributed by atoms with Gasteiger partial charge in [-0.1, -0.05) is 28.1 Å². The number of rotatable bonds is 3. The third-order valence-electron chi connectivity index (χ3n) is 1.91. The lowest BCUT2D eigenvalue weighted by molar-refractivity contribution is 0.923. The summed E-state index contributed by atoms with van der Waals surface area (Å²) in [5, 5.41) is 1.09. The van der Waals surface area contributed by atoms with Crippen molar-refractivity contribution in [2.24, 2.45) is 0 Å². The first-order chi connectivity index (χ1) is 5.75. The van der Waals surface area contributed by atoms with Crippen molar-refractivity contribution < 1.29 is 0 Å². The molecular formula is C10H12BrI. The van der Waals surface area contributed by atoms with Crippen molar-refractivity contribution in [1.29, 1.82) is 0 Å². The average molecular weight is 339 g/mol. The Morgan fingerprint density at radius 1 is 1.42 bits per heavy atom. The fourth-order valence-corrected chi connectivity index (χ4v) is 2.41. The summed E-state index contributed by atoms with van der Waals surface area (Å²) in [5.41, 5.74) is 2.93. The normalized spacial score (nSPS) is 10.2. The molecule has 0 fully saturated rings. The smallest absolute Gasteiger partial charge is 0.0165 e. The lowest BCUT2D eigenvalue weighted by atomic mass is 10.1. The average Bonchev–Trinajstić information content (AvgIpc) is 2.04. The second-order valence-corrected chi connectivity index (χ2v) is 4.78. The van der Waals surface area contributed by atoms with E-state index in [1.807, 2.05) is 0 Å². The highest BCUT2D eigenvalue weighted by atomic mass is 127. The maximum Gasteiger partial charge on any atom is 0.0165 e. The fraction of sp³-hybridized carbons (Fsp3) is 0.400. The molecule has 1 aromatic carbocycles. The largest absolute Gasteiger partial charge is 0.0928 e. The Balaban J connectivity index is 2.81. The van der Waals surface area contributed by atoms with Crippen LogP contribution in [0.25, 0.3) is 0 Å². The fourth-order valence-electron chi connectivity index (χ4n) is 1.23. The summed E-state index contributed by atoms with van der Waals surface area (Å²) < 4.78 is 1.40. The molecule has 2 heteroatoms. The molecule has 0 aliphatic heterocycles. The summed E-state index contributed by atoms with van der Waals surface area (Å²) in [5.74, 6) is 0. The zero-order chi connectivity index (χ0) is 8.97. The summed E-state index contributed by atoms with van der Waals surface area (Å²) in [6.07, 6.45) is 2.41. The van der Waals surface area contributed by atoms with E-state index in [9.17, 15) is 0 Å². The predicted molar refractivity (Wildman–Crippen MR) is 66.0 cm³/mol. The van der Waals surface area contributed by atoms with Crippen LogP contribution in [0.15, 0.2) is 18.2 Å². The monoisotopic (exact) mass is 338 g/mol. The lowest BCUT2D eigenvalue weighted by Gasteiger charge is -2.06. The topological polar surface area (TPSA) is 0 Å². The van der Waals surface area contributed by atoms with Gasteiger partial charge in [0.2, 0.25) is 0 Å². The molecule has 0 unspecified atom stereocenters. The summed E-state index contributed by atoms with van der Waals surface area (Å²) >= 11 is 5.86. The number of halogens is 2. The van der Waals surface area contributed by atoms with Crippen LogP contribution < -0.4 is 0 Å². The number of hydrogen-bond acceptors (Lipinski definition) is 0. The third-order valence-corrected chi connectivity index (χ3v) is 3.48. The van der Waals surface area contributed by atoms with Crippen molar-refractivity contribution >= 4 is 38.5 Å². The van der Waals surface area contributed by atoms with Gasteiger partial charge in [0, 0.05) is 8.90 Å². The molecule has 0 N–H and O–H groups in total. The van der Waals surface area contributed by atoms with Crippen molar-refractivity contribution in [1.82, 2.24) is 0 Å². The van der Waals surface area contributed by atoms with Gasteiger partial charge in [0.05, 0.1) is 0 Å². The van der Waals surface area contributed by atoms with Gasteiger partial charge in [-0.05, 0) is 59.5 Å². The number of alkyl halides is 1. The first-order valence-corrected chi connectivity index (χ1v) is 6.25. The molecule has 0 saturated heterocycles. The highest BCUT2D eigenvalue weighted by Gasteiger charge is 2.01. The number of aryl methyl sites for hydroxylation is 1. The molecule has 66 valence electrons. The van der Waals surface area contributed by atoms with Crippen molar-refractivity contribution in [2.45, 2.75) is 19.8 Å². The third kappa shape index (κ3) is 2.73. The standard InChI is InChI=1S/C10H12BrI/c1-8-4-2-6-10(12)9(8)5-3-7-11/h2,4,6H,3,5,7H2,1H3. The Hall–Kier alpha value is 0.430. The van der Waals surface area contributed by atoms with Gasteiger partial charge in [-0.15, -0.1) is 0 Å². The number of hydrogen-bond donors (Lipinski definition) is 0. The van der Waals surface area contributed by atoms with E-state index in [0.717, 1.165) is 5.33 Å². The van der Waals surface area contributed by atoms with E-state index in [2.05, 4.69) is 63.6 Å². The molecule has 0 amide bonds. The molecule has 0 radical (unpaired) electrons. The van der Waals surface area contributed by atoms with Crippen LogP contribution in [-0.4, -0.2) is 5.33 Å². The summed E-state index contributed by atoms with van der Waals surface area (Å²) in [6.45, 7) is 2.19. The molecule has 1 rings (SSSR count). The van der Waals surface area contributed by atoms with Gasteiger partial charge >= 0.3 is 0 Å². The molecule has 0 bridgehead atoms. The minimum Gasteiger partial charge on any atom is -0.0928 e. The van der Waals surface area contributed by atoms with E-state index in [1.54, 1.807) is 0 Å². The van der Waals surface area contributed by atoms with Crippen molar-refractivity contribution in [3.05, 3.63) is 32.9 Å². The summed E-state index contributed by atoms with van der Waals surface area (Å²) in [7, 11) is 0. The molecule has 12 heavy (non-hydrogen) atoms. The van der Waals surface area contributed by atoms with E-state index in [1.165, 1.54) is 27.5 Å². The molecule has 0 atom stereocenters. The van der Waals surface area contributed by atoms with E-state index < -0.39 is 0 Å². The summed E-state index contributed by atoms with van der Waals surface area (Å²) in [6, 6.07) is 6.48. The van der Waals surface area contributed by atoms with Crippen LogP contribution in [0.2, 0.25) is 0 Å². The van der Waals surface area contributed by atoms with E-state index in [-0.39, 0.29) is 0 Å². The Kier molecular flexibility index (Phi) is 4.57. The van der Waals surface area contributed by atoms with E-state index in [4.69, 9.17) is 0 Å². The van der Waals surface area contributed by atoms with Gasteiger partial charge in [0.15, 0.2) is 0 Å². The molecule has 1 aromatic rings. The lowest BCUT2D eigenvalue weighted by Crippen LogP contribution is -1.93. The van der Waals surface area contributed by atoms with Crippen LogP contribution in [0.5, 0.6) is 0 Å². The highest BCUT2D eigenvalue weighted by Crippen LogP contribution is 2.18. The van der Waals surface area contributed by atoms with Crippen LogP contribution >= 0.6 is 38.5 Å². The van der Waals surface area contributed by atoms with Gasteiger partial charge in [-0.2, -0.15) is 0 Å². The van der Waals surface area contributed by atoms with Crippen LogP contribution in [-0.2, 0) is 6.42 Å². The van der Waals surface area contributed by atoms with Gasteiger partial charge < -0.3 is 0 Å². The van der Waals surface area contributed by atoms with Crippen LogP contribution in [0.3, 0.4) is 0 Å². The van der Waals surface area contributed by atoms with Crippen molar-refractivity contribution in [2.75, 3.05) is 5.33 Å². The molecule has 0 aliphatic carbocycles. The quantitative estimate of drug-likeness (QED) is 0.578. The first kappa shape index (κ1) is 10.5. The van der Waals surface area contributed by atoms with Gasteiger partial charge in [-0.3, -0.25) is 0 Å². The minimum absolute atomic E-state index is 1.09. The van der Waals surface area contributed by atoms with Crippen molar-refractivity contribution in [3.63, 3.8) is 0 Å². The molecule has 0 heterocycles. The van der Waals surface area contributed by atoms with Gasteiger partial charge in [0.25, 0.3) is 0 Å². The Bertz CT molecular complexity index is 238. The Morgan fingerprint density at radius 2 is 2.17 bits per heavy atom. The van der Waals surface area contributed by atoms with Crippen molar-refractivity contribution in [3.8, 4) is 0 Å². The zero-order valence-corrected chi connectivity index (χ0v) is 10.9. The van der Waals surface area contributed by atoms with E-state index in [0.29, 0.717) is 0 Å². The molecule has 0 saturated carbocycles. The Morgan fingerprint density at radius 3 is 2.75 bits per heavy atom. The maximum atomic E-state index is 3.45. The highest BCUT2D eigenvalue weighted by molar-refractivity contribution is 14.1.